The second kappa shape index (κ2) is 8.31. The summed E-state index contributed by atoms with van der Waals surface area (Å²) in [5, 5.41) is 13.8. The quantitative estimate of drug-likeness (QED) is 0.595. The summed E-state index contributed by atoms with van der Waals surface area (Å²) in [6.07, 6.45) is -0.611. The summed E-state index contributed by atoms with van der Waals surface area (Å²) in [7, 11) is 0. The summed E-state index contributed by atoms with van der Waals surface area (Å²) < 4.78 is 38.8. The van der Waals surface area contributed by atoms with Crippen LogP contribution in [0, 0.1) is 6.92 Å². The fourth-order valence-electron chi connectivity index (χ4n) is 3.79. The van der Waals surface area contributed by atoms with Crippen LogP contribution in [0.5, 0.6) is 0 Å². The third-order valence-corrected chi connectivity index (χ3v) is 5.48. The van der Waals surface area contributed by atoms with Crippen molar-refractivity contribution < 1.29 is 23.1 Å². The summed E-state index contributed by atoms with van der Waals surface area (Å²) in [4.78, 5) is 23.3. The molecule has 0 bridgehead atoms. The highest BCUT2D eigenvalue weighted by atomic mass is 19.4. The van der Waals surface area contributed by atoms with Gasteiger partial charge in [0.15, 0.2) is 0 Å². The third kappa shape index (κ3) is 4.77. The van der Waals surface area contributed by atoms with E-state index in [-0.39, 0.29) is 11.7 Å². The van der Waals surface area contributed by atoms with E-state index in [1.54, 1.807) is 30.5 Å². The van der Waals surface area contributed by atoms with Crippen molar-refractivity contribution in [1.29, 1.82) is 0 Å². The van der Waals surface area contributed by atoms with Crippen LogP contribution in [0.2, 0.25) is 0 Å². The summed E-state index contributed by atoms with van der Waals surface area (Å²) in [6, 6.07) is 9.86. The van der Waals surface area contributed by atoms with Crippen molar-refractivity contribution in [3.8, 4) is 11.1 Å². The standard InChI is InChI=1S/C23H21F3N4O2/c1-14-10-16(12-17(11-14)29-21-28-9-5-19(30-21)23(24,25)26)15-4-8-27-20(13-15)22(32)6-2-18(31)3-7-22/h4-5,8-13,32H,2-3,6-7H2,1H3,(H,28,29,30). The summed E-state index contributed by atoms with van der Waals surface area (Å²) in [5.41, 5.74) is 1.30. The zero-order chi connectivity index (χ0) is 22.9. The fourth-order valence-corrected chi connectivity index (χ4v) is 3.79. The Kier molecular flexibility index (Phi) is 5.68. The minimum absolute atomic E-state index is 0.136. The number of hydrogen-bond donors (Lipinski definition) is 2. The Balaban J connectivity index is 1.63. The van der Waals surface area contributed by atoms with Crippen LogP contribution in [0.15, 0.2) is 48.8 Å². The van der Waals surface area contributed by atoms with Gasteiger partial charge in [0, 0.05) is 30.9 Å². The molecule has 0 saturated heterocycles. The number of pyridine rings is 1. The van der Waals surface area contributed by atoms with Crippen molar-refractivity contribution in [2.45, 2.75) is 44.4 Å². The molecule has 9 heteroatoms. The van der Waals surface area contributed by atoms with E-state index in [0.717, 1.165) is 29.0 Å². The second-order valence-corrected chi connectivity index (χ2v) is 7.98. The molecule has 2 heterocycles. The maximum absolute atomic E-state index is 12.9. The molecule has 6 nitrogen and oxygen atoms in total. The van der Waals surface area contributed by atoms with Crippen molar-refractivity contribution in [2.24, 2.45) is 0 Å². The average Bonchev–Trinajstić information content (AvgIpc) is 2.75. The largest absolute Gasteiger partial charge is 0.433 e. The maximum Gasteiger partial charge on any atom is 0.433 e. The molecule has 0 atom stereocenters. The monoisotopic (exact) mass is 442 g/mol. The lowest BCUT2D eigenvalue weighted by Gasteiger charge is -2.31. The number of aliphatic hydroxyl groups is 1. The fraction of sp³-hybridized carbons (Fsp3) is 0.304. The predicted molar refractivity (Wildman–Crippen MR) is 112 cm³/mol. The zero-order valence-corrected chi connectivity index (χ0v) is 17.3. The molecule has 0 aliphatic heterocycles. The molecule has 3 aromatic rings. The molecule has 0 unspecified atom stereocenters. The molecule has 0 spiro atoms. The molecule has 1 aromatic carbocycles. The first-order valence-corrected chi connectivity index (χ1v) is 10.1. The normalized spacial score (nSPS) is 16.1. The van der Waals surface area contributed by atoms with Gasteiger partial charge < -0.3 is 10.4 Å². The van der Waals surface area contributed by atoms with Crippen molar-refractivity contribution in [3.05, 3.63) is 65.7 Å². The van der Waals surface area contributed by atoms with Crippen LogP contribution < -0.4 is 5.32 Å². The minimum Gasteiger partial charge on any atom is -0.384 e. The Morgan fingerprint density at radius 2 is 1.72 bits per heavy atom. The first-order valence-electron chi connectivity index (χ1n) is 10.1. The van der Waals surface area contributed by atoms with E-state index in [2.05, 4.69) is 20.3 Å². The van der Waals surface area contributed by atoms with E-state index < -0.39 is 17.5 Å². The molecule has 32 heavy (non-hydrogen) atoms. The smallest absolute Gasteiger partial charge is 0.384 e. The number of rotatable bonds is 4. The number of nitrogens with zero attached hydrogens (tertiary/aromatic N) is 3. The van der Waals surface area contributed by atoms with Crippen molar-refractivity contribution in [1.82, 2.24) is 15.0 Å². The van der Waals surface area contributed by atoms with Gasteiger partial charge in [-0.25, -0.2) is 9.97 Å². The molecule has 2 N–H and O–H groups in total. The number of anilines is 2. The number of Topliss-reactive ketones (excluding diaryl/α,β-unsaturated/α-hetero) is 1. The molecule has 1 fully saturated rings. The molecule has 4 rings (SSSR count). The number of benzene rings is 1. The lowest BCUT2D eigenvalue weighted by atomic mass is 9.81. The van der Waals surface area contributed by atoms with Crippen LogP contribution in [0.25, 0.3) is 11.1 Å². The van der Waals surface area contributed by atoms with Gasteiger partial charge in [0.1, 0.15) is 17.1 Å². The van der Waals surface area contributed by atoms with Crippen LogP contribution in [0.1, 0.15) is 42.6 Å². The van der Waals surface area contributed by atoms with E-state index in [1.807, 2.05) is 13.0 Å². The first kappa shape index (κ1) is 21.9. The highest BCUT2D eigenvalue weighted by molar-refractivity contribution is 5.79. The Morgan fingerprint density at radius 3 is 2.44 bits per heavy atom. The summed E-state index contributed by atoms with van der Waals surface area (Å²) in [6.45, 7) is 1.87. The van der Waals surface area contributed by atoms with E-state index >= 15 is 0 Å². The van der Waals surface area contributed by atoms with Crippen molar-refractivity contribution in [3.63, 3.8) is 0 Å². The lowest BCUT2D eigenvalue weighted by Crippen LogP contribution is -2.32. The highest BCUT2D eigenvalue weighted by Crippen LogP contribution is 2.36. The number of halogens is 3. The summed E-state index contributed by atoms with van der Waals surface area (Å²) in [5.74, 6) is -0.0231. The molecule has 1 saturated carbocycles. The number of ketones is 1. The Bertz CT molecular complexity index is 1150. The molecule has 1 aliphatic carbocycles. The first-order chi connectivity index (χ1) is 15.1. The Labute approximate surface area is 182 Å². The van der Waals surface area contributed by atoms with Crippen LogP contribution in [0.3, 0.4) is 0 Å². The topological polar surface area (TPSA) is 88.0 Å². The number of carbonyl (C=O) groups is 1. The van der Waals surface area contributed by atoms with Gasteiger partial charge >= 0.3 is 6.18 Å². The Hall–Kier alpha value is -3.33. The van der Waals surface area contributed by atoms with Crippen LogP contribution in [-0.2, 0) is 16.6 Å². The lowest BCUT2D eigenvalue weighted by molar-refractivity contribution is -0.141. The van der Waals surface area contributed by atoms with Crippen LogP contribution in [0.4, 0.5) is 24.8 Å². The van der Waals surface area contributed by atoms with Gasteiger partial charge in [-0.05, 0) is 66.8 Å². The molecular weight excluding hydrogens is 421 g/mol. The maximum atomic E-state index is 12.9. The number of alkyl halides is 3. The highest BCUT2D eigenvalue weighted by Gasteiger charge is 2.35. The van der Waals surface area contributed by atoms with E-state index in [0.29, 0.717) is 37.1 Å². The molecule has 1 aliphatic rings. The number of carbonyl (C=O) groups excluding carboxylic acids is 1. The number of hydrogen-bond acceptors (Lipinski definition) is 6. The van der Waals surface area contributed by atoms with Gasteiger partial charge in [0.2, 0.25) is 5.95 Å². The van der Waals surface area contributed by atoms with E-state index in [1.165, 1.54) is 0 Å². The van der Waals surface area contributed by atoms with Gasteiger partial charge in [-0.1, -0.05) is 6.07 Å². The molecular formula is C23H21F3N4O2. The molecule has 166 valence electrons. The van der Waals surface area contributed by atoms with Crippen molar-refractivity contribution in [2.75, 3.05) is 5.32 Å². The summed E-state index contributed by atoms with van der Waals surface area (Å²) >= 11 is 0. The second-order valence-electron chi connectivity index (χ2n) is 7.98. The number of nitrogens with one attached hydrogen (secondary N) is 1. The van der Waals surface area contributed by atoms with Gasteiger partial charge in [-0.3, -0.25) is 9.78 Å². The third-order valence-electron chi connectivity index (χ3n) is 5.48. The number of aryl methyl sites for hydroxylation is 1. The van der Waals surface area contributed by atoms with E-state index in [4.69, 9.17) is 0 Å². The predicted octanol–water partition coefficient (Wildman–Crippen LogP) is 4.94. The van der Waals surface area contributed by atoms with Gasteiger partial charge in [-0.15, -0.1) is 0 Å². The van der Waals surface area contributed by atoms with Crippen molar-refractivity contribution >= 4 is 17.4 Å². The minimum atomic E-state index is -4.56. The average molecular weight is 442 g/mol. The SMILES string of the molecule is Cc1cc(Nc2nccc(C(F)(F)F)n2)cc(-c2ccnc(C3(O)CCC(=O)CC3)c2)c1. The molecule has 2 aromatic heterocycles. The number of aromatic nitrogens is 3. The van der Waals surface area contributed by atoms with Gasteiger partial charge in [0.25, 0.3) is 0 Å². The molecule has 0 amide bonds. The van der Waals surface area contributed by atoms with Crippen LogP contribution >= 0.6 is 0 Å². The van der Waals surface area contributed by atoms with Gasteiger partial charge in [0.05, 0.1) is 5.69 Å². The van der Waals surface area contributed by atoms with Gasteiger partial charge in [-0.2, -0.15) is 13.2 Å². The van der Waals surface area contributed by atoms with E-state index in [9.17, 15) is 23.1 Å². The zero-order valence-electron chi connectivity index (χ0n) is 17.3. The Morgan fingerprint density at radius 1 is 1.00 bits per heavy atom. The molecule has 0 radical (unpaired) electrons. The van der Waals surface area contributed by atoms with Crippen LogP contribution in [-0.4, -0.2) is 25.8 Å².